The zero-order valence-electron chi connectivity index (χ0n) is 20.9. The molecule has 0 saturated carbocycles. The van der Waals surface area contributed by atoms with Gasteiger partial charge in [0.2, 0.25) is 0 Å². The van der Waals surface area contributed by atoms with Gasteiger partial charge in [-0.15, -0.1) is 0 Å². The quantitative estimate of drug-likeness (QED) is 0.280. The molecule has 196 valence electrons. The molecule has 1 unspecified atom stereocenters. The van der Waals surface area contributed by atoms with Crippen molar-refractivity contribution in [1.82, 2.24) is 5.32 Å². The van der Waals surface area contributed by atoms with Crippen molar-refractivity contribution in [2.75, 3.05) is 30.0 Å². The molecule has 1 aliphatic rings. The van der Waals surface area contributed by atoms with Crippen molar-refractivity contribution in [2.24, 2.45) is 0 Å². The number of nitrogens with one attached hydrogen (secondary N) is 2. The Morgan fingerprint density at radius 1 is 0.919 bits per heavy atom. The second kappa shape index (κ2) is 13.6. The first kappa shape index (κ1) is 27.2. The van der Waals surface area contributed by atoms with Gasteiger partial charge in [-0.2, -0.15) is 11.8 Å². The lowest BCUT2D eigenvalue weighted by molar-refractivity contribution is -0.255. The van der Waals surface area contributed by atoms with E-state index in [-0.39, 0.29) is 37.4 Å². The summed E-state index contributed by atoms with van der Waals surface area (Å²) in [7, 11) is 0. The van der Waals surface area contributed by atoms with E-state index in [1.54, 1.807) is 11.8 Å². The highest BCUT2D eigenvalue weighted by Crippen LogP contribution is 2.47. The van der Waals surface area contributed by atoms with Gasteiger partial charge in [-0.05, 0) is 35.7 Å². The molecule has 4 rings (SSSR count). The minimum atomic E-state index is -0.654. The standard InChI is InChI=1S/C29H34N2O5S/c1-2-30-29(34)31-24-10-6-9-23(17-24)28-35-25(19-37-16-15-32)26(21-7-4-3-5-8-21)27(36-28)22-13-11-20(18-33)12-14-22/h3-14,17,25-28,32-33H,2,15-16,18-19H2,1H3,(H2,30,31,34)/t25-,26-,27+,28?/m1/s1. The summed E-state index contributed by atoms with van der Waals surface area (Å²) in [6, 6.07) is 25.3. The van der Waals surface area contributed by atoms with Gasteiger partial charge in [-0.3, -0.25) is 0 Å². The average molecular weight is 523 g/mol. The SMILES string of the molecule is CCNC(=O)Nc1cccc(C2O[C@H](CSCCO)[C@@H](c3ccccc3)[C@H](c3ccc(CO)cc3)O2)c1. The molecule has 4 atom stereocenters. The van der Waals surface area contributed by atoms with Gasteiger partial charge >= 0.3 is 6.03 Å². The lowest BCUT2D eigenvalue weighted by atomic mass is 9.84. The molecule has 0 bridgehead atoms. The van der Waals surface area contributed by atoms with Crippen molar-refractivity contribution >= 4 is 23.5 Å². The number of urea groups is 1. The minimum Gasteiger partial charge on any atom is -0.396 e. The van der Waals surface area contributed by atoms with Crippen molar-refractivity contribution in [3.05, 3.63) is 101 Å². The summed E-state index contributed by atoms with van der Waals surface area (Å²) in [5.41, 5.74) is 4.39. The maximum absolute atomic E-state index is 12.1. The number of aliphatic hydroxyl groups excluding tert-OH is 2. The molecule has 1 aliphatic heterocycles. The maximum Gasteiger partial charge on any atom is 0.319 e. The van der Waals surface area contributed by atoms with E-state index in [0.29, 0.717) is 23.7 Å². The van der Waals surface area contributed by atoms with Crippen molar-refractivity contribution in [1.29, 1.82) is 0 Å². The Balaban J connectivity index is 1.69. The van der Waals surface area contributed by atoms with E-state index in [2.05, 4.69) is 22.8 Å². The molecule has 4 N–H and O–H groups in total. The van der Waals surface area contributed by atoms with E-state index in [9.17, 15) is 15.0 Å². The monoisotopic (exact) mass is 522 g/mol. The van der Waals surface area contributed by atoms with Gasteiger partial charge in [0.1, 0.15) is 0 Å². The maximum atomic E-state index is 12.1. The van der Waals surface area contributed by atoms with Crippen LogP contribution in [0.3, 0.4) is 0 Å². The smallest absolute Gasteiger partial charge is 0.319 e. The summed E-state index contributed by atoms with van der Waals surface area (Å²) in [6.45, 7) is 2.48. The Morgan fingerprint density at radius 3 is 2.38 bits per heavy atom. The molecule has 37 heavy (non-hydrogen) atoms. The third-order valence-corrected chi connectivity index (χ3v) is 7.28. The summed E-state index contributed by atoms with van der Waals surface area (Å²) in [5, 5.41) is 24.5. The molecule has 0 spiro atoms. The highest BCUT2D eigenvalue weighted by atomic mass is 32.2. The Bertz CT molecular complexity index is 1130. The Kier molecular flexibility index (Phi) is 9.99. The van der Waals surface area contributed by atoms with Crippen LogP contribution in [-0.4, -0.2) is 47.0 Å². The fraction of sp³-hybridized carbons (Fsp3) is 0.345. The van der Waals surface area contributed by atoms with Crippen LogP contribution in [0, 0.1) is 0 Å². The van der Waals surface area contributed by atoms with Crippen LogP contribution < -0.4 is 10.6 Å². The van der Waals surface area contributed by atoms with E-state index in [1.807, 2.05) is 73.7 Å². The predicted molar refractivity (Wildman–Crippen MR) is 147 cm³/mol. The zero-order valence-corrected chi connectivity index (χ0v) is 21.7. The average Bonchev–Trinajstić information content (AvgIpc) is 2.93. The van der Waals surface area contributed by atoms with Gasteiger partial charge in [-0.25, -0.2) is 4.79 Å². The minimum absolute atomic E-state index is 0.0223. The molecule has 0 radical (unpaired) electrons. The van der Waals surface area contributed by atoms with Crippen LogP contribution in [0.15, 0.2) is 78.9 Å². The van der Waals surface area contributed by atoms with Crippen molar-refractivity contribution in [3.63, 3.8) is 0 Å². The van der Waals surface area contributed by atoms with E-state index in [4.69, 9.17) is 9.47 Å². The van der Waals surface area contributed by atoms with E-state index in [0.717, 1.165) is 22.3 Å². The Hall–Kier alpha value is -2.88. The summed E-state index contributed by atoms with van der Waals surface area (Å²) >= 11 is 1.65. The summed E-state index contributed by atoms with van der Waals surface area (Å²) in [4.78, 5) is 12.1. The lowest BCUT2D eigenvalue weighted by Crippen LogP contribution is -2.38. The molecule has 0 aliphatic carbocycles. The van der Waals surface area contributed by atoms with Crippen molar-refractivity contribution in [3.8, 4) is 0 Å². The molecule has 7 nitrogen and oxygen atoms in total. The largest absolute Gasteiger partial charge is 0.396 e. The fourth-order valence-corrected chi connectivity index (χ4v) is 5.33. The van der Waals surface area contributed by atoms with E-state index in [1.165, 1.54) is 0 Å². The van der Waals surface area contributed by atoms with Crippen LogP contribution >= 0.6 is 11.8 Å². The molecule has 8 heteroatoms. The third-order valence-electron chi connectivity index (χ3n) is 6.24. The number of rotatable bonds is 10. The number of anilines is 1. The third kappa shape index (κ3) is 7.12. The fourth-order valence-electron chi connectivity index (χ4n) is 4.51. The topological polar surface area (TPSA) is 100 Å². The molecule has 3 aromatic rings. The number of benzene rings is 3. The zero-order chi connectivity index (χ0) is 26.0. The number of hydrogen-bond acceptors (Lipinski definition) is 6. The number of carbonyl (C=O) groups excluding carboxylic acids is 1. The molecule has 3 aromatic carbocycles. The van der Waals surface area contributed by atoms with Crippen molar-refractivity contribution in [2.45, 2.75) is 37.9 Å². The molecular formula is C29H34N2O5S. The van der Waals surface area contributed by atoms with Crippen LogP contribution in [0.2, 0.25) is 0 Å². The number of aliphatic hydroxyl groups is 2. The predicted octanol–water partition coefficient (Wildman–Crippen LogP) is 4.98. The Morgan fingerprint density at radius 2 is 1.68 bits per heavy atom. The van der Waals surface area contributed by atoms with Crippen LogP contribution in [0.5, 0.6) is 0 Å². The van der Waals surface area contributed by atoms with Gasteiger partial charge < -0.3 is 30.3 Å². The van der Waals surface area contributed by atoms with Crippen LogP contribution in [0.4, 0.5) is 10.5 Å². The number of ether oxygens (including phenoxy) is 2. The first-order valence-electron chi connectivity index (χ1n) is 12.5. The number of amides is 2. The van der Waals surface area contributed by atoms with Gasteiger partial charge in [0.25, 0.3) is 0 Å². The van der Waals surface area contributed by atoms with Crippen molar-refractivity contribution < 1.29 is 24.5 Å². The van der Waals surface area contributed by atoms with Gasteiger partial charge in [0.05, 0.1) is 25.4 Å². The van der Waals surface area contributed by atoms with Crippen LogP contribution in [0.25, 0.3) is 0 Å². The molecule has 1 fully saturated rings. The number of carbonyl (C=O) groups is 1. The van der Waals surface area contributed by atoms with E-state index >= 15 is 0 Å². The summed E-state index contributed by atoms with van der Waals surface area (Å²) in [5.74, 6) is 1.22. The van der Waals surface area contributed by atoms with Gasteiger partial charge in [0.15, 0.2) is 6.29 Å². The normalized spacial score (nSPS) is 21.4. The first-order valence-corrected chi connectivity index (χ1v) is 13.7. The number of thioether (sulfide) groups is 1. The second-order valence-corrected chi connectivity index (χ2v) is 9.96. The number of hydrogen-bond donors (Lipinski definition) is 4. The highest BCUT2D eigenvalue weighted by molar-refractivity contribution is 7.99. The van der Waals surface area contributed by atoms with Crippen LogP contribution in [-0.2, 0) is 16.1 Å². The molecule has 2 amide bonds. The van der Waals surface area contributed by atoms with Crippen LogP contribution in [0.1, 0.15) is 47.5 Å². The van der Waals surface area contributed by atoms with Gasteiger partial charge in [-0.1, -0.05) is 66.7 Å². The summed E-state index contributed by atoms with van der Waals surface area (Å²) in [6.07, 6.45) is -1.16. The Labute approximate surface area is 222 Å². The highest BCUT2D eigenvalue weighted by Gasteiger charge is 2.41. The molecule has 1 heterocycles. The molecule has 1 saturated heterocycles. The summed E-state index contributed by atoms with van der Waals surface area (Å²) < 4.78 is 13.3. The lowest BCUT2D eigenvalue weighted by Gasteiger charge is -2.43. The molecule has 0 aromatic heterocycles. The second-order valence-electron chi connectivity index (χ2n) is 8.81. The van der Waals surface area contributed by atoms with Gasteiger partial charge in [0, 0.05) is 35.2 Å². The molecular weight excluding hydrogens is 488 g/mol. The first-order chi connectivity index (χ1) is 18.1. The van der Waals surface area contributed by atoms with E-state index < -0.39 is 6.29 Å².